The monoisotopic (exact) mass is 422 g/mol. The molecule has 8 heteroatoms. The number of carbonyl (C=O) groups is 1. The molecule has 1 fully saturated rings. The minimum atomic E-state index is -0.103. The van der Waals surface area contributed by atoms with Crippen LogP contribution in [0.1, 0.15) is 26.5 Å². The molecule has 1 saturated heterocycles. The molecule has 3 rings (SSSR count). The van der Waals surface area contributed by atoms with E-state index >= 15 is 0 Å². The Hall–Kier alpha value is -2.09. The first kappa shape index (κ1) is 21.6. The van der Waals surface area contributed by atoms with Crippen LogP contribution in [-0.4, -0.2) is 56.9 Å². The zero-order chi connectivity index (χ0) is 20.9. The number of ether oxygens (including phenoxy) is 1. The number of carbonyl (C=O) groups excluding carboxylic acids is 1. The van der Waals surface area contributed by atoms with E-state index in [0.29, 0.717) is 24.1 Å². The summed E-state index contributed by atoms with van der Waals surface area (Å²) in [6.07, 6.45) is 0. The van der Waals surface area contributed by atoms with Crippen LogP contribution >= 0.6 is 11.6 Å². The van der Waals surface area contributed by atoms with E-state index in [0.717, 1.165) is 44.2 Å². The maximum Gasteiger partial charge on any atom is 0.281 e. The van der Waals surface area contributed by atoms with Gasteiger partial charge in [-0.05, 0) is 24.3 Å². The molecule has 0 atom stereocenters. The Morgan fingerprint density at radius 3 is 2.45 bits per heavy atom. The lowest BCUT2D eigenvalue weighted by Crippen LogP contribution is -3.28. The fraction of sp³-hybridized carbons (Fsp3) is 0.524. The third-order valence-corrected chi connectivity index (χ3v) is 5.41. The van der Waals surface area contributed by atoms with E-state index in [1.54, 1.807) is 6.07 Å². The number of anilines is 1. The van der Waals surface area contributed by atoms with Gasteiger partial charge in [0.2, 0.25) is 5.88 Å². The molecule has 1 aromatic carbocycles. The second-order valence-corrected chi connectivity index (χ2v) is 9.04. The van der Waals surface area contributed by atoms with Crippen LogP contribution in [0.2, 0.25) is 5.02 Å². The van der Waals surface area contributed by atoms with E-state index < -0.39 is 0 Å². The van der Waals surface area contributed by atoms with Crippen LogP contribution in [0.5, 0.6) is 5.75 Å². The highest BCUT2D eigenvalue weighted by atomic mass is 35.5. The Bertz CT molecular complexity index is 793. The van der Waals surface area contributed by atoms with Gasteiger partial charge in [0, 0.05) is 16.5 Å². The van der Waals surface area contributed by atoms with E-state index in [1.165, 1.54) is 9.80 Å². The van der Waals surface area contributed by atoms with Gasteiger partial charge in [-0.1, -0.05) is 37.5 Å². The minimum absolute atomic E-state index is 0.0360. The number of quaternary nitrogens is 2. The first-order chi connectivity index (χ1) is 13.8. The van der Waals surface area contributed by atoms with E-state index in [9.17, 15) is 4.79 Å². The Morgan fingerprint density at radius 1 is 1.17 bits per heavy atom. The fourth-order valence-electron chi connectivity index (χ4n) is 3.32. The van der Waals surface area contributed by atoms with E-state index in [2.05, 4.69) is 31.2 Å². The fourth-order valence-corrected chi connectivity index (χ4v) is 3.45. The number of benzene rings is 1. The Labute approximate surface area is 176 Å². The van der Waals surface area contributed by atoms with E-state index in [-0.39, 0.29) is 11.3 Å². The number of aromatic nitrogens is 1. The molecule has 0 radical (unpaired) electrons. The van der Waals surface area contributed by atoms with Crippen molar-refractivity contribution in [3.63, 3.8) is 0 Å². The molecule has 29 heavy (non-hydrogen) atoms. The molecule has 1 aliphatic heterocycles. The lowest BCUT2D eigenvalue weighted by molar-refractivity contribution is -1.01. The third-order valence-electron chi connectivity index (χ3n) is 5.15. The van der Waals surface area contributed by atoms with Gasteiger partial charge in [0.15, 0.2) is 6.54 Å². The van der Waals surface area contributed by atoms with Crippen molar-refractivity contribution in [1.29, 1.82) is 0 Å². The van der Waals surface area contributed by atoms with Crippen molar-refractivity contribution in [3.05, 3.63) is 41.0 Å². The number of hydrogen-bond acceptors (Lipinski definition) is 4. The number of hydrogen-bond donors (Lipinski definition) is 3. The third kappa shape index (κ3) is 6.73. The summed E-state index contributed by atoms with van der Waals surface area (Å²) in [5.41, 5.74) is 0.729. The highest BCUT2D eigenvalue weighted by molar-refractivity contribution is 6.30. The maximum atomic E-state index is 12.3. The molecule has 0 bridgehead atoms. The number of rotatable bonds is 7. The van der Waals surface area contributed by atoms with E-state index in [1.807, 2.05) is 24.3 Å². The van der Waals surface area contributed by atoms with Crippen molar-refractivity contribution in [3.8, 4) is 5.75 Å². The summed E-state index contributed by atoms with van der Waals surface area (Å²) in [7, 11) is 0. The normalized spacial score (nSPS) is 19.7. The predicted molar refractivity (Wildman–Crippen MR) is 112 cm³/mol. The first-order valence-corrected chi connectivity index (χ1v) is 10.5. The quantitative estimate of drug-likeness (QED) is 0.605. The highest BCUT2D eigenvalue weighted by Crippen LogP contribution is 2.23. The Balaban J connectivity index is 1.34. The van der Waals surface area contributed by atoms with Crippen molar-refractivity contribution in [2.45, 2.75) is 26.2 Å². The molecule has 1 amide bonds. The van der Waals surface area contributed by atoms with Crippen LogP contribution in [0, 0.1) is 0 Å². The molecule has 3 N–H and O–H groups in total. The molecular weight excluding hydrogens is 392 g/mol. The van der Waals surface area contributed by atoms with Crippen molar-refractivity contribution in [2.75, 3.05) is 51.2 Å². The SMILES string of the molecule is CC(C)(C)c1cc(NC(=O)C[NH+]2CC[NH+](CCOc3ccc(Cl)cc3)CC2)on1. The van der Waals surface area contributed by atoms with Gasteiger partial charge in [-0.15, -0.1) is 0 Å². The first-order valence-electron chi connectivity index (χ1n) is 10.1. The topological polar surface area (TPSA) is 73.2 Å². The van der Waals surface area contributed by atoms with Gasteiger partial charge in [0.25, 0.3) is 5.91 Å². The van der Waals surface area contributed by atoms with Crippen LogP contribution in [0.3, 0.4) is 0 Å². The van der Waals surface area contributed by atoms with Crippen molar-refractivity contribution in [2.24, 2.45) is 0 Å². The number of nitrogens with one attached hydrogen (secondary N) is 3. The number of nitrogens with zero attached hydrogens (tertiary/aromatic N) is 1. The van der Waals surface area contributed by atoms with Gasteiger partial charge in [0.05, 0.1) is 5.69 Å². The number of piperazine rings is 1. The van der Waals surface area contributed by atoms with Crippen molar-refractivity contribution < 1.29 is 23.9 Å². The summed E-state index contributed by atoms with van der Waals surface area (Å²) in [6.45, 7) is 12.2. The molecule has 2 heterocycles. The summed E-state index contributed by atoms with van der Waals surface area (Å²) < 4.78 is 11.0. The largest absolute Gasteiger partial charge is 0.488 e. The Kier molecular flexibility index (Phi) is 7.16. The van der Waals surface area contributed by atoms with Crippen molar-refractivity contribution in [1.82, 2.24) is 5.16 Å². The molecule has 0 unspecified atom stereocenters. The Morgan fingerprint density at radius 2 is 1.83 bits per heavy atom. The molecule has 158 valence electrons. The summed E-state index contributed by atoms with van der Waals surface area (Å²) >= 11 is 5.88. The zero-order valence-corrected chi connectivity index (χ0v) is 18.1. The molecular formula is C21H31ClN4O3+2. The lowest BCUT2D eigenvalue weighted by Gasteiger charge is -2.29. The number of halogens is 1. The second-order valence-electron chi connectivity index (χ2n) is 8.60. The molecule has 2 aromatic rings. The van der Waals surface area contributed by atoms with Crippen LogP contribution in [-0.2, 0) is 10.2 Å². The van der Waals surface area contributed by atoms with Gasteiger partial charge in [-0.25, -0.2) is 0 Å². The molecule has 0 aliphatic carbocycles. The highest BCUT2D eigenvalue weighted by Gasteiger charge is 2.25. The second kappa shape index (κ2) is 9.61. The van der Waals surface area contributed by atoms with Gasteiger partial charge in [-0.2, -0.15) is 0 Å². The van der Waals surface area contributed by atoms with E-state index in [4.69, 9.17) is 20.9 Å². The average Bonchev–Trinajstić information content (AvgIpc) is 3.13. The molecule has 0 saturated carbocycles. The zero-order valence-electron chi connectivity index (χ0n) is 17.4. The molecule has 1 aliphatic rings. The molecule has 1 aromatic heterocycles. The summed E-state index contributed by atoms with van der Waals surface area (Å²) in [6, 6.07) is 9.24. The summed E-state index contributed by atoms with van der Waals surface area (Å²) in [4.78, 5) is 15.1. The lowest BCUT2D eigenvalue weighted by atomic mass is 9.92. The van der Waals surface area contributed by atoms with Crippen LogP contribution in [0.15, 0.2) is 34.9 Å². The van der Waals surface area contributed by atoms with Crippen LogP contribution < -0.4 is 19.9 Å². The number of amides is 1. The van der Waals surface area contributed by atoms with Gasteiger partial charge < -0.3 is 19.1 Å². The van der Waals surface area contributed by atoms with Crippen LogP contribution in [0.4, 0.5) is 5.88 Å². The average molecular weight is 423 g/mol. The van der Waals surface area contributed by atoms with Gasteiger partial charge >= 0.3 is 0 Å². The smallest absolute Gasteiger partial charge is 0.281 e. The van der Waals surface area contributed by atoms with Gasteiger partial charge in [-0.3, -0.25) is 10.1 Å². The summed E-state index contributed by atoms with van der Waals surface area (Å²) in [5.74, 6) is 1.23. The molecule has 7 nitrogen and oxygen atoms in total. The van der Waals surface area contributed by atoms with Crippen LogP contribution in [0.25, 0.3) is 0 Å². The maximum absolute atomic E-state index is 12.3. The minimum Gasteiger partial charge on any atom is -0.488 e. The standard InChI is InChI=1S/C21H29ClN4O3/c1-21(2,3)18-14-20(29-24-18)23-19(27)15-26-10-8-25(9-11-26)12-13-28-17-6-4-16(22)5-7-17/h4-7,14H,8-13,15H2,1-3H3,(H,23,27)/p+2. The summed E-state index contributed by atoms with van der Waals surface area (Å²) in [5, 5.41) is 7.57. The van der Waals surface area contributed by atoms with Crippen molar-refractivity contribution >= 4 is 23.4 Å². The molecule has 0 spiro atoms. The predicted octanol–water partition coefficient (Wildman–Crippen LogP) is 0.426. The van der Waals surface area contributed by atoms with Gasteiger partial charge in [0.1, 0.15) is 45.1 Å².